The van der Waals surface area contributed by atoms with Gasteiger partial charge in [0.2, 0.25) is 5.91 Å². The number of amides is 1. The predicted octanol–water partition coefficient (Wildman–Crippen LogP) is 4.24. The van der Waals surface area contributed by atoms with Gasteiger partial charge < -0.3 is 19.2 Å². The molecular formula is C23H22FNO4. The van der Waals surface area contributed by atoms with Crippen molar-refractivity contribution in [2.45, 2.75) is 25.9 Å². The van der Waals surface area contributed by atoms with Crippen LogP contribution in [-0.2, 0) is 29.0 Å². The summed E-state index contributed by atoms with van der Waals surface area (Å²) in [6.07, 6.45) is 1.34. The summed E-state index contributed by atoms with van der Waals surface area (Å²) in [7, 11) is 0. The van der Waals surface area contributed by atoms with E-state index in [4.69, 9.17) is 13.9 Å². The Morgan fingerprint density at radius 3 is 2.79 bits per heavy atom. The molecule has 1 amide bonds. The Morgan fingerprint density at radius 2 is 1.93 bits per heavy atom. The summed E-state index contributed by atoms with van der Waals surface area (Å²) in [5, 5.41) is 2.88. The first-order chi connectivity index (χ1) is 14.2. The van der Waals surface area contributed by atoms with Gasteiger partial charge in [0.05, 0.1) is 6.61 Å². The van der Waals surface area contributed by atoms with E-state index in [2.05, 4.69) is 5.32 Å². The lowest BCUT2D eigenvalue weighted by molar-refractivity contribution is -0.121. The van der Waals surface area contributed by atoms with Gasteiger partial charge in [0.1, 0.15) is 23.1 Å². The minimum Gasteiger partial charge on any atom is -0.467 e. The summed E-state index contributed by atoms with van der Waals surface area (Å²) in [6, 6.07) is 16.5. The Morgan fingerprint density at radius 1 is 1.07 bits per heavy atom. The summed E-state index contributed by atoms with van der Waals surface area (Å²) >= 11 is 0. The molecule has 0 atom stereocenters. The van der Waals surface area contributed by atoms with E-state index in [1.807, 2.05) is 42.5 Å². The maximum Gasteiger partial charge on any atom is 0.220 e. The SMILES string of the molecule is O=C(CCc1ccc(-c2ccccc2)o1)NCCc1cc(F)cc2c1OCOC2. The van der Waals surface area contributed by atoms with Crippen molar-refractivity contribution in [3.8, 4) is 17.1 Å². The average molecular weight is 395 g/mol. The average Bonchev–Trinajstić information content (AvgIpc) is 3.22. The van der Waals surface area contributed by atoms with Crippen molar-refractivity contribution in [3.05, 3.63) is 77.3 Å². The smallest absolute Gasteiger partial charge is 0.220 e. The highest BCUT2D eigenvalue weighted by Gasteiger charge is 2.17. The molecule has 0 radical (unpaired) electrons. The van der Waals surface area contributed by atoms with Crippen LogP contribution in [0.15, 0.2) is 59.0 Å². The summed E-state index contributed by atoms with van der Waals surface area (Å²) in [5.74, 6) is 1.83. The number of hydrogen-bond donors (Lipinski definition) is 1. The second kappa shape index (κ2) is 8.92. The van der Waals surface area contributed by atoms with Gasteiger partial charge in [-0.3, -0.25) is 4.79 Å². The topological polar surface area (TPSA) is 60.7 Å². The highest BCUT2D eigenvalue weighted by Crippen LogP contribution is 2.29. The summed E-state index contributed by atoms with van der Waals surface area (Å²) < 4.78 is 30.3. The van der Waals surface area contributed by atoms with Crippen molar-refractivity contribution in [1.29, 1.82) is 0 Å². The molecule has 150 valence electrons. The number of furan rings is 1. The molecule has 1 N–H and O–H groups in total. The van der Waals surface area contributed by atoms with Crippen molar-refractivity contribution in [2.24, 2.45) is 0 Å². The highest BCUT2D eigenvalue weighted by atomic mass is 19.1. The molecule has 0 aliphatic carbocycles. The first-order valence-electron chi connectivity index (χ1n) is 9.62. The molecule has 6 heteroatoms. The Bertz CT molecular complexity index is 984. The standard InChI is InChI=1S/C23H22FNO4/c24-19-12-17(23-18(13-19)14-27-15-28-23)10-11-25-22(26)9-7-20-6-8-21(29-20)16-4-2-1-3-5-16/h1-6,8,12-13H,7,9-11,14-15H2,(H,25,26). The number of carbonyl (C=O) groups excluding carboxylic acids is 1. The Labute approximate surface area is 168 Å². The van der Waals surface area contributed by atoms with Crippen LogP contribution in [-0.4, -0.2) is 19.2 Å². The van der Waals surface area contributed by atoms with E-state index in [1.165, 1.54) is 12.1 Å². The van der Waals surface area contributed by atoms with Gasteiger partial charge in [-0.2, -0.15) is 0 Å². The Kier molecular flexibility index (Phi) is 5.91. The molecule has 29 heavy (non-hydrogen) atoms. The Balaban J connectivity index is 1.26. The molecule has 1 aliphatic rings. The molecule has 0 bridgehead atoms. The summed E-state index contributed by atoms with van der Waals surface area (Å²) in [5.41, 5.74) is 2.45. The Hall–Kier alpha value is -3.12. The monoisotopic (exact) mass is 395 g/mol. The van der Waals surface area contributed by atoms with Crippen molar-refractivity contribution in [3.63, 3.8) is 0 Å². The van der Waals surface area contributed by atoms with Crippen LogP contribution in [0.5, 0.6) is 5.75 Å². The molecule has 2 heterocycles. The quantitative estimate of drug-likeness (QED) is 0.650. The van der Waals surface area contributed by atoms with Gasteiger partial charge in [0.25, 0.3) is 0 Å². The normalized spacial score (nSPS) is 12.9. The number of nitrogens with one attached hydrogen (secondary N) is 1. The zero-order chi connectivity index (χ0) is 20.1. The van der Waals surface area contributed by atoms with Gasteiger partial charge in [-0.25, -0.2) is 4.39 Å². The third kappa shape index (κ3) is 4.84. The molecule has 0 fully saturated rings. The van der Waals surface area contributed by atoms with Crippen LogP contribution in [0.3, 0.4) is 0 Å². The number of hydrogen-bond acceptors (Lipinski definition) is 4. The van der Waals surface area contributed by atoms with Crippen LogP contribution in [0.2, 0.25) is 0 Å². The van der Waals surface area contributed by atoms with Crippen molar-refractivity contribution in [1.82, 2.24) is 5.32 Å². The van der Waals surface area contributed by atoms with Gasteiger partial charge in [-0.15, -0.1) is 0 Å². The lowest BCUT2D eigenvalue weighted by Gasteiger charge is -2.21. The van der Waals surface area contributed by atoms with Crippen LogP contribution >= 0.6 is 0 Å². The number of fused-ring (bicyclic) bond motifs is 1. The third-order valence-corrected chi connectivity index (χ3v) is 4.79. The van der Waals surface area contributed by atoms with Gasteiger partial charge in [0, 0.05) is 30.5 Å². The maximum absolute atomic E-state index is 13.8. The van der Waals surface area contributed by atoms with E-state index in [0.717, 1.165) is 22.6 Å². The largest absolute Gasteiger partial charge is 0.467 e. The first kappa shape index (κ1) is 19.2. The second-order valence-electron chi connectivity index (χ2n) is 6.90. The number of rotatable bonds is 7. The minimum absolute atomic E-state index is 0.0721. The van der Waals surface area contributed by atoms with Crippen LogP contribution < -0.4 is 10.1 Å². The molecule has 1 aromatic heterocycles. The number of halogens is 1. The second-order valence-corrected chi connectivity index (χ2v) is 6.90. The fourth-order valence-corrected chi connectivity index (χ4v) is 3.37. The zero-order valence-electron chi connectivity index (χ0n) is 15.9. The number of ether oxygens (including phenoxy) is 2. The molecule has 2 aromatic carbocycles. The summed E-state index contributed by atoms with van der Waals surface area (Å²) in [4.78, 5) is 12.2. The molecule has 3 aromatic rings. The van der Waals surface area contributed by atoms with Gasteiger partial charge in [0.15, 0.2) is 6.79 Å². The number of carbonyl (C=O) groups is 1. The van der Waals surface area contributed by atoms with E-state index >= 15 is 0 Å². The van der Waals surface area contributed by atoms with E-state index < -0.39 is 0 Å². The number of benzene rings is 2. The van der Waals surface area contributed by atoms with E-state index in [-0.39, 0.29) is 18.5 Å². The predicted molar refractivity (Wildman–Crippen MR) is 106 cm³/mol. The van der Waals surface area contributed by atoms with Crippen LogP contribution in [0.4, 0.5) is 4.39 Å². The van der Waals surface area contributed by atoms with Gasteiger partial charge in [-0.05, 0) is 36.2 Å². The molecule has 0 spiro atoms. The lowest BCUT2D eigenvalue weighted by Crippen LogP contribution is -2.26. The molecule has 0 saturated heterocycles. The third-order valence-electron chi connectivity index (χ3n) is 4.79. The summed E-state index contributed by atoms with van der Waals surface area (Å²) in [6.45, 7) is 0.902. The maximum atomic E-state index is 13.8. The zero-order valence-corrected chi connectivity index (χ0v) is 15.9. The molecule has 1 aliphatic heterocycles. The fourth-order valence-electron chi connectivity index (χ4n) is 3.37. The van der Waals surface area contributed by atoms with Crippen molar-refractivity contribution in [2.75, 3.05) is 13.3 Å². The lowest BCUT2D eigenvalue weighted by atomic mass is 10.1. The van der Waals surface area contributed by atoms with Crippen molar-refractivity contribution >= 4 is 5.91 Å². The van der Waals surface area contributed by atoms with Crippen molar-refractivity contribution < 1.29 is 23.1 Å². The molecule has 0 saturated carbocycles. The molecule has 0 unspecified atom stereocenters. The minimum atomic E-state index is -0.328. The molecule has 5 nitrogen and oxygen atoms in total. The van der Waals surface area contributed by atoms with E-state index in [9.17, 15) is 9.18 Å². The van der Waals surface area contributed by atoms with Gasteiger partial charge in [-0.1, -0.05) is 30.3 Å². The van der Waals surface area contributed by atoms with Crippen LogP contribution in [0.25, 0.3) is 11.3 Å². The molecule has 4 rings (SSSR count). The number of aryl methyl sites for hydroxylation is 1. The first-order valence-corrected chi connectivity index (χ1v) is 9.62. The molecular weight excluding hydrogens is 373 g/mol. The van der Waals surface area contributed by atoms with E-state index in [1.54, 1.807) is 0 Å². The van der Waals surface area contributed by atoms with Gasteiger partial charge >= 0.3 is 0 Å². The highest BCUT2D eigenvalue weighted by molar-refractivity contribution is 5.76. The van der Waals surface area contributed by atoms with E-state index in [0.29, 0.717) is 43.7 Å². The fraction of sp³-hybridized carbons (Fsp3) is 0.261. The van der Waals surface area contributed by atoms with Crippen LogP contribution in [0, 0.1) is 5.82 Å². The van der Waals surface area contributed by atoms with Crippen LogP contribution in [0.1, 0.15) is 23.3 Å².